The number of hydrogen-bond donors (Lipinski definition) is 2. The van der Waals surface area contributed by atoms with E-state index in [4.69, 9.17) is 24.2 Å². The van der Waals surface area contributed by atoms with Crippen LogP contribution in [0, 0.1) is 23.2 Å². The number of benzene rings is 1. The summed E-state index contributed by atoms with van der Waals surface area (Å²) in [5.41, 5.74) is 11.2. The molecule has 2 aliphatic carbocycles. The molecule has 8 aliphatic rings. The Balaban J connectivity index is 1.02. The van der Waals surface area contributed by atoms with Gasteiger partial charge in [-0.2, -0.15) is 0 Å². The molecule has 1 aromatic heterocycles. The first-order chi connectivity index (χ1) is 30.0. The number of likely N-dealkylation sites (N-methyl/N-ethyl adjacent to an activating group) is 1. The Morgan fingerprint density at radius 1 is 1.08 bits per heavy atom. The predicted octanol–water partition coefficient (Wildman–Crippen LogP) is 4.75. The Morgan fingerprint density at radius 2 is 1.87 bits per heavy atom. The number of ether oxygens (including phenoxy) is 3. The summed E-state index contributed by atoms with van der Waals surface area (Å²) in [5, 5.41) is 4.44. The summed E-state index contributed by atoms with van der Waals surface area (Å²) in [6.07, 6.45) is 8.26. The number of esters is 1. The van der Waals surface area contributed by atoms with Gasteiger partial charge < -0.3 is 29.3 Å². The number of fused-ring (bicyclic) bond motifs is 6. The summed E-state index contributed by atoms with van der Waals surface area (Å²) >= 11 is 1.70. The molecular weight excluding hydrogens is 805 g/mol. The molecule has 10 rings (SSSR count). The maximum atomic E-state index is 14.3. The van der Waals surface area contributed by atoms with Crippen molar-refractivity contribution in [3.8, 4) is 0 Å². The van der Waals surface area contributed by atoms with E-state index >= 15 is 0 Å². The lowest BCUT2D eigenvalue weighted by Gasteiger charge is -2.37. The number of pyridine rings is 1. The highest BCUT2D eigenvalue weighted by Crippen LogP contribution is 2.53. The minimum absolute atomic E-state index is 0.0981. The molecule has 7 heterocycles. The first-order valence-corrected chi connectivity index (χ1v) is 24.0. The van der Waals surface area contributed by atoms with Crippen LogP contribution in [0.5, 0.6) is 0 Å². The molecule has 1 aromatic carbocycles. The smallest absolute Gasteiger partial charge is 0.324 e. The van der Waals surface area contributed by atoms with Crippen LogP contribution in [-0.4, -0.2) is 134 Å². The fraction of sp³-hybridized carbons (Fsp3) is 0.638. The molecule has 0 spiro atoms. The van der Waals surface area contributed by atoms with Crippen molar-refractivity contribution in [2.45, 2.75) is 95.4 Å². The first kappa shape index (κ1) is 42.0. The van der Waals surface area contributed by atoms with Gasteiger partial charge in [0.25, 0.3) is 5.91 Å². The maximum Gasteiger partial charge on any atom is 0.324 e. The molecule has 2 aromatic rings. The lowest BCUT2D eigenvalue weighted by atomic mass is 9.85. The van der Waals surface area contributed by atoms with Gasteiger partial charge >= 0.3 is 5.97 Å². The third-order valence-corrected chi connectivity index (χ3v) is 15.6. The van der Waals surface area contributed by atoms with E-state index in [0.29, 0.717) is 44.8 Å². The van der Waals surface area contributed by atoms with Crippen LogP contribution in [0.4, 0.5) is 11.4 Å². The van der Waals surface area contributed by atoms with E-state index in [1.165, 1.54) is 17.9 Å². The number of methoxy groups -OCH3 is 1. The summed E-state index contributed by atoms with van der Waals surface area (Å²) < 4.78 is 17.7. The Hall–Kier alpha value is -4.02. The molecule has 14 nitrogen and oxygen atoms in total. The predicted molar refractivity (Wildman–Crippen MR) is 240 cm³/mol. The second-order valence-corrected chi connectivity index (χ2v) is 20.4. The number of aliphatic imine (C=N–C) groups is 1. The van der Waals surface area contributed by atoms with E-state index in [1.807, 2.05) is 6.20 Å². The molecule has 3 unspecified atom stereocenters. The van der Waals surface area contributed by atoms with Crippen molar-refractivity contribution < 1.29 is 28.6 Å². The number of nitrogens with zero attached hydrogens (tertiary/aromatic N) is 6. The number of hydrogen-bond acceptors (Lipinski definition) is 13. The van der Waals surface area contributed by atoms with Crippen LogP contribution in [-0.2, 0) is 28.6 Å². The number of cyclic esters (lactones) is 1. The minimum Gasteiger partial charge on any atom is -0.464 e. The van der Waals surface area contributed by atoms with Gasteiger partial charge in [-0.15, -0.1) is 11.8 Å². The molecule has 5 fully saturated rings. The van der Waals surface area contributed by atoms with Gasteiger partial charge in [0.15, 0.2) is 0 Å². The summed E-state index contributed by atoms with van der Waals surface area (Å²) in [7, 11) is 1.74. The van der Waals surface area contributed by atoms with E-state index in [2.05, 4.69) is 83.5 Å². The van der Waals surface area contributed by atoms with Crippen molar-refractivity contribution in [1.82, 2.24) is 25.6 Å². The van der Waals surface area contributed by atoms with Crippen LogP contribution in [0.25, 0.3) is 5.57 Å². The van der Waals surface area contributed by atoms with Crippen molar-refractivity contribution in [3.05, 3.63) is 58.9 Å². The van der Waals surface area contributed by atoms with E-state index in [0.717, 1.165) is 83.8 Å². The third kappa shape index (κ3) is 8.05. The van der Waals surface area contributed by atoms with Gasteiger partial charge in [0.05, 0.1) is 60.6 Å². The van der Waals surface area contributed by atoms with Gasteiger partial charge in [-0.1, -0.05) is 26.0 Å². The van der Waals surface area contributed by atoms with E-state index in [1.54, 1.807) is 18.9 Å². The molecule has 6 aliphatic heterocycles. The van der Waals surface area contributed by atoms with Gasteiger partial charge in [-0.25, -0.2) is 5.43 Å². The fourth-order valence-corrected chi connectivity index (χ4v) is 11.9. The molecule has 62 heavy (non-hydrogen) atoms. The minimum atomic E-state index is -0.797. The SMILES string of the molecule is CCN1c2ccc3cc2/C(=C\C(C)(C)COC(=O)[C@@H]2CCCN(N2)C(=O)[C@@H](NC(=O)C2[C@H]4COC[C@@H]24)CC2N=C3CS2)C1c1cc(N2CCN(C3CC3)CC2)cnc1[C@H](C)OC. The molecule has 0 radical (unpaired) electrons. The highest BCUT2D eigenvalue weighted by atomic mass is 32.2. The van der Waals surface area contributed by atoms with Crippen molar-refractivity contribution in [1.29, 1.82) is 0 Å². The monoisotopic (exact) mass is 866 g/mol. The van der Waals surface area contributed by atoms with E-state index in [-0.39, 0.29) is 53.7 Å². The van der Waals surface area contributed by atoms with Crippen molar-refractivity contribution >= 4 is 52.2 Å². The third-order valence-electron chi connectivity index (χ3n) is 14.5. The number of nitrogens with one attached hydrogen (secondary N) is 2. The largest absolute Gasteiger partial charge is 0.464 e. The molecule has 2 saturated carbocycles. The van der Waals surface area contributed by atoms with E-state index < -0.39 is 23.5 Å². The summed E-state index contributed by atoms with van der Waals surface area (Å²) in [5.74, 6) is 0.260. The van der Waals surface area contributed by atoms with Crippen LogP contribution >= 0.6 is 11.8 Å². The standard InChI is InChI=1S/C47H62N8O6S/c1-6-54-39-12-9-28-18-31(39)33(43(54)32-19-30(22-48-42(32)27(2)59-5)53-16-14-52(15-17-53)29-10-11-29)21-47(3,4)26-61-46(58)36-8-7-13-55(51-36)45(57)37(20-40-49-38(28)25-62-40)50-44(56)41-34-23-60-24-35(34)41/h9,12,18-19,21-22,27,29,34-37,40-41,43,51H,6-8,10-11,13-17,20,23-26H2,1-5H3,(H,50,56)/b33-21+/t27-,34-,35+,36-,37-,40?,41?,43?/m0/s1. The maximum absolute atomic E-state index is 14.3. The summed E-state index contributed by atoms with van der Waals surface area (Å²) in [6, 6.07) is 8.14. The second kappa shape index (κ2) is 16.8. The average Bonchev–Trinajstić information content (AvgIpc) is 4.11. The quantitative estimate of drug-likeness (QED) is 0.354. The normalized spacial score (nSPS) is 32.3. The Labute approximate surface area is 369 Å². The zero-order valence-electron chi connectivity index (χ0n) is 36.8. The lowest BCUT2D eigenvalue weighted by Crippen LogP contribution is -2.60. The number of hydrazine groups is 1. The number of amides is 2. The molecule has 2 amide bonds. The highest BCUT2D eigenvalue weighted by Gasteiger charge is 2.58. The number of anilines is 2. The topological polar surface area (TPSA) is 141 Å². The summed E-state index contributed by atoms with van der Waals surface area (Å²) in [4.78, 5) is 59.9. The van der Waals surface area contributed by atoms with Crippen LogP contribution < -0.4 is 20.5 Å². The van der Waals surface area contributed by atoms with Crippen molar-refractivity contribution in [2.24, 2.45) is 28.2 Å². The molecule has 332 valence electrons. The number of carbonyl (C=O) groups is 3. The number of thioether (sulfide) groups is 1. The molecular formula is C47H62N8O6S. The number of piperazine rings is 1. The molecule has 2 N–H and O–H groups in total. The van der Waals surface area contributed by atoms with Crippen LogP contribution in [0.3, 0.4) is 0 Å². The zero-order chi connectivity index (χ0) is 42.9. The number of aromatic nitrogens is 1. The number of rotatable bonds is 8. The van der Waals surface area contributed by atoms with Gasteiger partial charge in [-0.3, -0.25) is 34.3 Å². The lowest BCUT2D eigenvalue weighted by molar-refractivity contribution is -0.154. The van der Waals surface area contributed by atoms with Gasteiger partial charge in [0, 0.05) is 92.7 Å². The van der Waals surface area contributed by atoms with E-state index in [9.17, 15) is 14.4 Å². The van der Waals surface area contributed by atoms with Crippen LogP contribution in [0.1, 0.15) is 94.3 Å². The first-order valence-electron chi connectivity index (χ1n) is 23.0. The van der Waals surface area contributed by atoms with Crippen LogP contribution in [0.15, 0.2) is 41.5 Å². The Kier molecular flexibility index (Phi) is 11.4. The highest BCUT2D eigenvalue weighted by molar-refractivity contribution is 8.00. The molecule has 8 atom stereocenters. The Bertz CT molecular complexity index is 2140. The van der Waals surface area contributed by atoms with Gasteiger partial charge in [0.1, 0.15) is 12.1 Å². The average molecular weight is 867 g/mol. The fourth-order valence-electron chi connectivity index (χ4n) is 10.8. The van der Waals surface area contributed by atoms with Crippen molar-refractivity contribution in [3.63, 3.8) is 0 Å². The second-order valence-electron chi connectivity index (χ2n) is 19.3. The van der Waals surface area contributed by atoms with Gasteiger partial charge in [0.2, 0.25) is 5.91 Å². The molecule has 6 bridgehead atoms. The van der Waals surface area contributed by atoms with Crippen LogP contribution in [0.2, 0.25) is 0 Å². The molecule has 3 saturated heterocycles. The number of carbonyl (C=O) groups excluding carboxylic acids is 3. The zero-order valence-corrected chi connectivity index (χ0v) is 37.6. The van der Waals surface area contributed by atoms with Crippen molar-refractivity contribution in [2.75, 3.05) is 81.8 Å². The summed E-state index contributed by atoms with van der Waals surface area (Å²) in [6.45, 7) is 15.1. The van der Waals surface area contributed by atoms with Gasteiger partial charge in [-0.05, 0) is 80.7 Å². The molecule has 15 heteroatoms. The Morgan fingerprint density at radius 3 is 2.61 bits per heavy atom.